The van der Waals surface area contributed by atoms with Gasteiger partial charge in [-0.1, -0.05) is 0 Å². The molecular formula is C8H19NO4S2. The maximum absolute atomic E-state index is 10.7. The topological polar surface area (TPSA) is 80.3 Å². The van der Waals surface area contributed by atoms with Crippen molar-refractivity contribution in [2.75, 3.05) is 37.1 Å². The summed E-state index contributed by atoms with van der Waals surface area (Å²) in [4.78, 5) is 0. The van der Waals surface area contributed by atoms with Gasteiger partial charge in [-0.25, -0.2) is 16.8 Å². The van der Waals surface area contributed by atoms with Gasteiger partial charge >= 0.3 is 0 Å². The molecular weight excluding hydrogens is 238 g/mol. The van der Waals surface area contributed by atoms with Crippen LogP contribution in [0.1, 0.15) is 12.8 Å². The summed E-state index contributed by atoms with van der Waals surface area (Å²) < 4.78 is 43.0. The molecule has 1 N–H and O–H groups in total. The van der Waals surface area contributed by atoms with Crippen molar-refractivity contribution in [3.8, 4) is 0 Å². The summed E-state index contributed by atoms with van der Waals surface area (Å²) in [5, 5.41) is 3.00. The largest absolute Gasteiger partial charge is 0.317 e. The van der Waals surface area contributed by atoms with Crippen LogP contribution in [-0.2, 0) is 19.7 Å². The van der Waals surface area contributed by atoms with Crippen LogP contribution in [0.2, 0.25) is 0 Å². The van der Waals surface area contributed by atoms with Crippen molar-refractivity contribution in [2.24, 2.45) is 0 Å². The SMILES string of the molecule is CS(=O)(=O)CCCNCCCS(C)(=O)=O. The molecule has 7 heteroatoms. The van der Waals surface area contributed by atoms with Crippen molar-refractivity contribution >= 4 is 19.7 Å². The Labute approximate surface area is 92.1 Å². The number of sulfone groups is 2. The van der Waals surface area contributed by atoms with Crippen LogP contribution >= 0.6 is 0 Å². The maximum atomic E-state index is 10.7. The second-order valence-electron chi connectivity index (χ2n) is 3.72. The first kappa shape index (κ1) is 14.9. The van der Waals surface area contributed by atoms with Crippen molar-refractivity contribution < 1.29 is 16.8 Å². The van der Waals surface area contributed by atoms with Crippen LogP contribution in [0.4, 0.5) is 0 Å². The Bertz CT molecular complexity index is 322. The van der Waals surface area contributed by atoms with Gasteiger partial charge in [0.2, 0.25) is 0 Å². The third-order valence-corrected chi connectivity index (χ3v) is 3.80. The average molecular weight is 257 g/mol. The van der Waals surface area contributed by atoms with Gasteiger partial charge in [0.1, 0.15) is 19.7 Å². The Hall–Kier alpha value is -0.140. The molecule has 0 unspecified atom stereocenters. The minimum atomic E-state index is -2.88. The quantitative estimate of drug-likeness (QED) is 0.590. The van der Waals surface area contributed by atoms with Gasteiger partial charge in [-0.15, -0.1) is 0 Å². The zero-order valence-electron chi connectivity index (χ0n) is 9.19. The van der Waals surface area contributed by atoms with Crippen molar-refractivity contribution in [1.82, 2.24) is 5.32 Å². The average Bonchev–Trinajstić information content (AvgIpc) is 1.98. The Kier molecular flexibility index (Phi) is 6.38. The van der Waals surface area contributed by atoms with E-state index in [0.717, 1.165) is 0 Å². The lowest BCUT2D eigenvalue weighted by Gasteiger charge is -2.03. The molecule has 0 aromatic carbocycles. The Morgan fingerprint density at radius 1 is 0.800 bits per heavy atom. The van der Waals surface area contributed by atoms with Crippen molar-refractivity contribution in [2.45, 2.75) is 12.8 Å². The first-order chi connectivity index (χ1) is 6.71. The van der Waals surface area contributed by atoms with E-state index >= 15 is 0 Å². The lowest BCUT2D eigenvalue weighted by Crippen LogP contribution is -2.21. The molecule has 0 aliphatic heterocycles. The zero-order chi connectivity index (χ0) is 11.9. The summed E-state index contributed by atoms with van der Waals surface area (Å²) in [6.45, 7) is 1.22. The van der Waals surface area contributed by atoms with E-state index in [1.54, 1.807) is 0 Å². The first-order valence-corrected chi connectivity index (χ1v) is 8.89. The second-order valence-corrected chi connectivity index (χ2v) is 8.24. The summed E-state index contributed by atoms with van der Waals surface area (Å²) in [5.41, 5.74) is 0. The molecule has 0 aliphatic rings. The summed E-state index contributed by atoms with van der Waals surface area (Å²) in [5.74, 6) is 0.345. The Morgan fingerprint density at radius 3 is 1.40 bits per heavy atom. The highest BCUT2D eigenvalue weighted by atomic mass is 32.2. The normalized spacial score (nSPS) is 12.9. The highest BCUT2D eigenvalue weighted by Crippen LogP contribution is 1.89. The lowest BCUT2D eigenvalue weighted by atomic mass is 10.4. The maximum Gasteiger partial charge on any atom is 0.147 e. The van der Waals surface area contributed by atoms with Crippen molar-refractivity contribution in [3.63, 3.8) is 0 Å². The van der Waals surface area contributed by atoms with E-state index < -0.39 is 19.7 Å². The van der Waals surface area contributed by atoms with Crippen LogP contribution < -0.4 is 5.32 Å². The molecule has 0 saturated carbocycles. The van der Waals surface area contributed by atoms with E-state index in [4.69, 9.17) is 0 Å². The molecule has 92 valence electrons. The predicted octanol–water partition coefficient (Wildman–Crippen LogP) is -0.555. The second kappa shape index (κ2) is 6.44. The Balaban J connectivity index is 3.34. The molecule has 0 aliphatic carbocycles. The molecule has 0 amide bonds. The van der Waals surface area contributed by atoms with Crippen LogP contribution in [-0.4, -0.2) is 53.9 Å². The van der Waals surface area contributed by atoms with Gasteiger partial charge in [-0.2, -0.15) is 0 Å². The van der Waals surface area contributed by atoms with Gasteiger partial charge in [-0.05, 0) is 25.9 Å². The molecule has 0 rings (SSSR count). The van der Waals surface area contributed by atoms with Crippen LogP contribution in [0.15, 0.2) is 0 Å². The molecule has 0 spiro atoms. The van der Waals surface area contributed by atoms with Gasteiger partial charge < -0.3 is 5.32 Å². The fraction of sp³-hybridized carbons (Fsp3) is 1.00. The molecule has 0 aromatic heterocycles. The van der Waals surface area contributed by atoms with E-state index in [-0.39, 0.29) is 11.5 Å². The highest BCUT2D eigenvalue weighted by Gasteiger charge is 2.02. The smallest absolute Gasteiger partial charge is 0.147 e. The summed E-state index contributed by atoms with van der Waals surface area (Å²) in [6, 6.07) is 0. The van der Waals surface area contributed by atoms with E-state index in [9.17, 15) is 16.8 Å². The van der Waals surface area contributed by atoms with E-state index in [0.29, 0.717) is 25.9 Å². The van der Waals surface area contributed by atoms with E-state index in [1.165, 1.54) is 12.5 Å². The standard InChI is InChI=1S/C8H19NO4S2/c1-14(10,11)7-3-5-9-6-4-8-15(2,12)13/h9H,3-8H2,1-2H3. The fourth-order valence-electron chi connectivity index (χ4n) is 1.04. The highest BCUT2D eigenvalue weighted by molar-refractivity contribution is 7.90. The molecule has 0 radical (unpaired) electrons. The zero-order valence-corrected chi connectivity index (χ0v) is 10.8. The Morgan fingerprint density at radius 2 is 1.13 bits per heavy atom. The summed E-state index contributed by atoms with van der Waals surface area (Å²) >= 11 is 0. The lowest BCUT2D eigenvalue weighted by molar-refractivity contribution is 0.590. The number of nitrogens with one attached hydrogen (secondary N) is 1. The molecule has 5 nitrogen and oxygen atoms in total. The molecule has 0 heterocycles. The van der Waals surface area contributed by atoms with Crippen molar-refractivity contribution in [3.05, 3.63) is 0 Å². The van der Waals surface area contributed by atoms with Crippen LogP contribution in [0.3, 0.4) is 0 Å². The molecule has 15 heavy (non-hydrogen) atoms. The third kappa shape index (κ3) is 13.9. The molecule has 0 saturated heterocycles. The van der Waals surface area contributed by atoms with Crippen LogP contribution in [0.5, 0.6) is 0 Å². The van der Waals surface area contributed by atoms with Gasteiger partial charge in [0.25, 0.3) is 0 Å². The van der Waals surface area contributed by atoms with Gasteiger partial charge in [0, 0.05) is 12.5 Å². The van der Waals surface area contributed by atoms with E-state index in [2.05, 4.69) is 5.32 Å². The predicted molar refractivity (Wildman–Crippen MR) is 61.5 cm³/mol. The van der Waals surface area contributed by atoms with Crippen molar-refractivity contribution in [1.29, 1.82) is 0 Å². The number of hydrogen-bond donors (Lipinski definition) is 1. The van der Waals surface area contributed by atoms with E-state index in [1.807, 2.05) is 0 Å². The van der Waals surface area contributed by atoms with Crippen LogP contribution in [0.25, 0.3) is 0 Å². The first-order valence-electron chi connectivity index (χ1n) is 4.77. The molecule has 0 bridgehead atoms. The van der Waals surface area contributed by atoms with Gasteiger partial charge in [0.05, 0.1) is 11.5 Å². The summed E-state index contributed by atoms with van der Waals surface area (Å²) in [7, 11) is -5.75. The van der Waals surface area contributed by atoms with Crippen LogP contribution in [0, 0.1) is 0 Å². The van der Waals surface area contributed by atoms with Gasteiger partial charge in [0.15, 0.2) is 0 Å². The minimum absolute atomic E-state index is 0.173. The number of hydrogen-bond acceptors (Lipinski definition) is 5. The molecule has 0 fully saturated rings. The fourth-order valence-corrected chi connectivity index (χ4v) is 2.38. The summed E-state index contributed by atoms with van der Waals surface area (Å²) in [6.07, 6.45) is 3.54. The number of rotatable bonds is 8. The monoisotopic (exact) mass is 257 g/mol. The molecule has 0 aromatic rings. The minimum Gasteiger partial charge on any atom is -0.317 e. The van der Waals surface area contributed by atoms with Gasteiger partial charge in [-0.3, -0.25) is 0 Å². The third-order valence-electron chi connectivity index (χ3n) is 1.74. The molecule has 0 atom stereocenters.